The fraction of sp³-hybridized carbons (Fsp3) is 0.588. The number of nitrogens with two attached hydrogens (primary N) is 1. The van der Waals surface area contributed by atoms with Gasteiger partial charge in [-0.15, -0.1) is 0 Å². The zero-order valence-corrected chi connectivity index (χ0v) is 14.0. The summed E-state index contributed by atoms with van der Waals surface area (Å²) >= 11 is 0. The van der Waals surface area contributed by atoms with Crippen LogP contribution in [0.25, 0.3) is 0 Å². The molecule has 2 heterocycles. The Balaban J connectivity index is 1.50. The quantitative estimate of drug-likeness (QED) is 0.627. The second kappa shape index (κ2) is 7.48. The molecule has 2 aliphatic heterocycles. The lowest BCUT2D eigenvalue weighted by Crippen LogP contribution is -2.91. The lowest BCUT2D eigenvalue weighted by Gasteiger charge is -2.17. The van der Waals surface area contributed by atoms with Crippen LogP contribution in [0.5, 0.6) is 0 Å². The zero-order valence-electron chi connectivity index (χ0n) is 14.0. The summed E-state index contributed by atoms with van der Waals surface area (Å²) in [5.41, 5.74) is 2.42. The molecule has 7 heteroatoms. The van der Waals surface area contributed by atoms with Crippen molar-refractivity contribution >= 4 is 11.7 Å². The lowest BCUT2D eigenvalue weighted by molar-refractivity contribution is -0.707. The number of quaternary nitrogens is 1. The van der Waals surface area contributed by atoms with Crippen molar-refractivity contribution < 1.29 is 29.4 Å². The smallest absolute Gasteiger partial charge is 0.140 e. The molecule has 0 spiro atoms. The topological polar surface area (TPSA) is 87.7 Å². The normalized spacial score (nSPS) is 28.8. The summed E-state index contributed by atoms with van der Waals surface area (Å²) in [5.74, 6) is -1.22. The van der Waals surface area contributed by atoms with Gasteiger partial charge in [-0.1, -0.05) is 12.1 Å². The van der Waals surface area contributed by atoms with Crippen molar-refractivity contribution in [1.29, 1.82) is 0 Å². The number of aliphatic carboxylic acids is 1. The van der Waals surface area contributed by atoms with Crippen LogP contribution >= 0.6 is 0 Å². The second-order valence-corrected chi connectivity index (χ2v) is 6.48. The van der Waals surface area contributed by atoms with Gasteiger partial charge < -0.3 is 34.3 Å². The van der Waals surface area contributed by atoms with Crippen LogP contribution in [0, 0.1) is 0 Å². The van der Waals surface area contributed by atoms with Crippen molar-refractivity contribution in [2.45, 2.75) is 30.9 Å². The number of carbonyl (C=O) groups excluding carboxylic acids is 1. The van der Waals surface area contributed by atoms with E-state index in [2.05, 4.69) is 34.5 Å². The van der Waals surface area contributed by atoms with Gasteiger partial charge in [-0.3, -0.25) is 0 Å². The highest BCUT2D eigenvalue weighted by Crippen LogP contribution is 2.27. The fourth-order valence-corrected chi connectivity index (χ4v) is 3.23. The molecular formula is C17H24N2O5. The maximum absolute atomic E-state index is 10.5. The molecule has 2 saturated heterocycles. The molecule has 3 rings (SSSR count). The summed E-state index contributed by atoms with van der Waals surface area (Å²) in [4.78, 5) is 12.6. The first kappa shape index (κ1) is 17.2. The van der Waals surface area contributed by atoms with Crippen LogP contribution in [0.3, 0.4) is 0 Å². The Morgan fingerprint density at radius 2 is 1.96 bits per heavy atom. The third kappa shape index (κ3) is 3.87. The molecule has 1 aromatic rings. The lowest BCUT2D eigenvalue weighted by atomic mass is 10.1. The molecule has 2 fully saturated rings. The summed E-state index contributed by atoms with van der Waals surface area (Å²) < 4.78 is 16.8. The predicted molar refractivity (Wildman–Crippen MR) is 84.4 cm³/mol. The molecule has 2 N–H and O–H groups in total. The first-order valence-corrected chi connectivity index (χ1v) is 8.19. The number of ether oxygens (including phenoxy) is 3. The van der Waals surface area contributed by atoms with E-state index in [-0.39, 0.29) is 24.4 Å². The molecule has 0 amide bonds. The highest BCUT2D eigenvalue weighted by atomic mass is 16.6. The number of anilines is 1. The predicted octanol–water partition coefficient (Wildman–Crippen LogP) is -1.88. The largest absolute Gasteiger partial charge is 0.548 e. The SMILES string of the molecule is CN(C)c1ccc(C[NH2+][C@H]2CO[C@H]3[C@@H]2OC[C@H]3OCC(=O)[O-])cc1. The highest BCUT2D eigenvalue weighted by molar-refractivity contribution is 5.65. The third-order valence-electron chi connectivity index (χ3n) is 4.57. The highest BCUT2D eigenvalue weighted by Gasteiger charge is 2.50. The first-order valence-electron chi connectivity index (χ1n) is 8.19. The van der Waals surface area contributed by atoms with Crippen molar-refractivity contribution in [1.82, 2.24) is 0 Å². The van der Waals surface area contributed by atoms with Crippen LogP contribution in [0.2, 0.25) is 0 Å². The van der Waals surface area contributed by atoms with Crippen LogP contribution in [-0.4, -0.2) is 64.2 Å². The number of carbonyl (C=O) groups is 1. The average molecular weight is 336 g/mol. The van der Waals surface area contributed by atoms with Gasteiger partial charge in [0.1, 0.15) is 37.5 Å². The third-order valence-corrected chi connectivity index (χ3v) is 4.57. The number of carboxylic acids is 1. The van der Waals surface area contributed by atoms with Crippen LogP contribution in [-0.2, 0) is 25.5 Å². The van der Waals surface area contributed by atoms with E-state index in [9.17, 15) is 9.90 Å². The van der Waals surface area contributed by atoms with E-state index < -0.39 is 12.6 Å². The van der Waals surface area contributed by atoms with Gasteiger partial charge in [0, 0.05) is 25.3 Å². The van der Waals surface area contributed by atoms with E-state index in [0.717, 1.165) is 6.54 Å². The molecule has 2 aliphatic rings. The number of hydrogen-bond acceptors (Lipinski definition) is 6. The molecule has 24 heavy (non-hydrogen) atoms. The van der Waals surface area contributed by atoms with Crippen molar-refractivity contribution in [2.24, 2.45) is 0 Å². The molecule has 0 bridgehead atoms. The van der Waals surface area contributed by atoms with Crippen LogP contribution < -0.4 is 15.3 Å². The van der Waals surface area contributed by atoms with Gasteiger partial charge in [-0.05, 0) is 12.1 Å². The molecule has 1 aromatic carbocycles. The Bertz CT molecular complexity index is 563. The number of rotatable bonds is 7. The Labute approximate surface area is 141 Å². The molecule has 0 saturated carbocycles. The maximum Gasteiger partial charge on any atom is 0.140 e. The molecule has 0 unspecified atom stereocenters. The van der Waals surface area contributed by atoms with Crippen LogP contribution in [0.4, 0.5) is 5.69 Å². The van der Waals surface area contributed by atoms with Gasteiger partial charge in [-0.25, -0.2) is 0 Å². The fourth-order valence-electron chi connectivity index (χ4n) is 3.23. The molecule has 7 nitrogen and oxygen atoms in total. The average Bonchev–Trinajstić information content (AvgIpc) is 3.13. The monoisotopic (exact) mass is 336 g/mol. The van der Waals surface area contributed by atoms with E-state index in [1.165, 1.54) is 11.3 Å². The van der Waals surface area contributed by atoms with E-state index in [4.69, 9.17) is 14.2 Å². The standard InChI is InChI=1S/C17H24N2O5/c1-19(2)12-5-3-11(4-6-12)7-18-13-8-23-17-14(9-24-16(13)17)22-10-15(20)21/h3-6,13-14,16-18H,7-10H2,1-2H3,(H,20,21)/t13-,14+,16+,17+/m0/s1. The Hall–Kier alpha value is -1.67. The van der Waals surface area contributed by atoms with Gasteiger partial charge in [0.25, 0.3) is 0 Å². The summed E-state index contributed by atoms with van der Waals surface area (Å²) in [7, 11) is 4.04. The molecule has 132 valence electrons. The molecule has 0 aliphatic carbocycles. The molecule has 4 atom stereocenters. The molecular weight excluding hydrogens is 312 g/mol. The van der Waals surface area contributed by atoms with Crippen molar-refractivity contribution in [3.05, 3.63) is 29.8 Å². The van der Waals surface area contributed by atoms with Crippen molar-refractivity contribution in [3.8, 4) is 0 Å². The van der Waals surface area contributed by atoms with E-state index >= 15 is 0 Å². The second-order valence-electron chi connectivity index (χ2n) is 6.48. The van der Waals surface area contributed by atoms with Gasteiger partial charge in [0.15, 0.2) is 0 Å². The number of hydrogen-bond donors (Lipinski definition) is 1. The molecule has 0 aromatic heterocycles. The minimum atomic E-state index is -1.22. The van der Waals surface area contributed by atoms with Gasteiger partial charge >= 0.3 is 0 Å². The number of carboxylic acid groups (broad SMARTS) is 1. The summed E-state index contributed by atoms with van der Waals surface area (Å²) in [6.45, 7) is 1.37. The van der Waals surface area contributed by atoms with Crippen molar-refractivity contribution in [3.63, 3.8) is 0 Å². The first-order chi connectivity index (χ1) is 11.5. The summed E-state index contributed by atoms with van der Waals surface area (Å²) in [5, 5.41) is 12.7. The minimum Gasteiger partial charge on any atom is -0.548 e. The maximum atomic E-state index is 10.5. The number of benzene rings is 1. The summed E-state index contributed by atoms with van der Waals surface area (Å²) in [6.07, 6.45) is -0.579. The molecule has 0 radical (unpaired) electrons. The van der Waals surface area contributed by atoms with Gasteiger partial charge in [0.2, 0.25) is 0 Å². The Morgan fingerprint density at radius 1 is 1.25 bits per heavy atom. The minimum absolute atomic E-state index is 0.0576. The zero-order chi connectivity index (χ0) is 17.1. The van der Waals surface area contributed by atoms with Crippen LogP contribution in [0.15, 0.2) is 24.3 Å². The van der Waals surface area contributed by atoms with Crippen LogP contribution in [0.1, 0.15) is 5.56 Å². The van der Waals surface area contributed by atoms with Gasteiger partial charge in [0.05, 0.1) is 19.2 Å². The Kier molecular flexibility index (Phi) is 5.35. The number of nitrogens with zero attached hydrogens (tertiary/aromatic N) is 1. The number of fused-ring (bicyclic) bond motifs is 1. The van der Waals surface area contributed by atoms with E-state index in [0.29, 0.717) is 13.2 Å². The Morgan fingerprint density at radius 3 is 2.62 bits per heavy atom. The van der Waals surface area contributed by atoms with Gasteiger partial charge in [-0.2, -0.15) is 0 Å². The van der Waals surface area contributed by atoms with E-state index in [1.54, 1.807) is 0 Å². The summed E-state index contributed by atoms with van der Waals surface area (Å²) in [6, 6.07) is 8.65. The van der Waals surface area contributed by atoms with E-state index in [1.807, 2.05) is 14.1 Å². The van der Waals surface area contributed by atoms with Crippen molar-refractivity contribution in [2.75, 3.05) is 38.8 Å².